The number of para-hydroxylation sites is 2. The van der Waals surface area contributed by atoms with Gasteiger partial charge in [-0.25, -0.2) is 4.99 Å². The van der Waals surface area contributed by atoms with Crippen molar-refractivity contribution in [2.45, 2.75) is 26.5 Å². The Labute approximate surface area is 179 Å². The van der Waals surface area contributed by atoms with E-state index in [-0.39, 0.29) is 30.1 Å². The fourth-order valence-electron chi connectivity index (χ4n) is 2.63. The molecule has 0 aliphatic rings. The van der Waals surface area contributed by atoms with Crippen molar-refractivity contribution in [3.05, 3.63) is 48.3 Å². The summed E-state index contributed by atoms with van der Waals surface area (Å²) in [5.74, 6) is 2.33. The first-order valence-corrected chi connectivity index (χ1v) is 8.94. The van der Waals surface area contributed by atoms with Crippen molar-refractivity contribution in [2.75, 3.05) is 27.2 Å². The van der Waals surface area contributed by atoms with Gasteiger partial charge in [-0.05, 0) is 38.1 Å². The van der Waals surface area contributed by atoms with Crippen molar-refractivity contribution in [1.29, 1.82) is 0 Å². The highest BCUT2D eigenvalue weighted by atomic mass is 127. The van der Waals surface area contributed by atoms with Crippen LogP contribution in [0.5, 0.6) is 11.5 Å². The third kappa shape index (κ3) is 6.97. The van der Waals surface area contributed by atoms with E-state index in [2.05, 4.69) is 47.1 Å². The number of nitrogens with zero attached hydrogens (tertiary/aromatic N) is 3. The minimum atomic E-state index is -0.0663. The molecule has 1 heterocycles. The molecule has 1 aromatic carbocycles. The molecule has 1 atom stereocenters. The Morgan fingerprint density at radius 3 is 2.52 bits per heavy atom. The van der Waals surface area contributed by atoms with Crippen LogP contribution < -0.4 is 14.8 Å². The molecule has 1 N–H and O–H groups in total. The van der Waals surface area contributed by atoms with Gasteiger partial charge in [0.25, 0.3) is 0 Å². The summed E-state index contributed by atoms with van der Waals surface area (Å²) in [5, 5.41) is 3.34. The molecule has 0 bridgehead atoms. The van der Waals surface area contributed by atoms with Gasteiger partial charge in [0.2, 0.25) is 0 Å². The number of aromatic nitrogens is 1. The third-order valence-corrected chi connectivity index (χ3v) is 4.04. The largest absolute Gasteiger partial charge is 0.493 e. The highest BCUT2D eigenvalue weighted by molar-refractivity contribution is 14.0. The van der Waals surface area contributed by atoms with E-state index >= 15 is 0 Å². The second-order valence-electron chi connectivity index (χ2n) is 6.24. The van der Waals surface area contributed by atoms with Crippen LogP contribution in [0.15, 0.2) is 47.6 Å². The zero-order valence-electron chi connectivity index (χ0n) is 16.8. The van der Waals surface area contributed by atoms with Gasteiger partial charge in [-0.2, -0.15) is 0 Å². The van der Waals surface area contributed by atoms with Crippen molar-refractivity contribution in [3.8, 4) is 11.5 Å². The predicted octanol–water partition coefficient (Wildman–Crippen LogP) is 3.52. The summed E-state index contributed by atoms with van der Waals surface area (Å²) >= 11 is 0. The van der Waals surface area contributed by atoms with Gasteiger partial charge in [0.1, 0.15) is 6.10 Å². The first-order valence-electron chi connectivity index (χ1n) is 8.94. The molecule has 0 saturated heterocycles. The van der Waals surface area contributed by atoms with E-state index in [1.54, 1.807) is 7.11 Å². The molecule has 0 spiro atoms. The first kappa shape index (κ1) is 23.1. The normalized spacial score (nSPS) is 12.1. The van der Waals surface area contributed by atoms with E-state index in [1.165, 1.54) is 5.69 Å². The number of halogens is 1. The van der Waals surface area contributed by atoms with Crippen LogP contribution in [-0.2, 0) is 13.6 Å². The summed E-state index contributed by atoms with van der Waals surface area (Å²) in [5.41, 5.74) is 1.23. The lowest BCUT2D eigenvalue weighted by atomic mass is 10.3. The lowest BCUT2D eigenvalue weighted by Crippen LogP contribution is -2.39. The fraction of sp³-hybridized carbons (Fsp3) is 0.450. The van der Waals surface area contributed by atoms with E-state index in [9.17, 15) is 0 Å². The monoisotopic (exact) mass is 486 g/mol. The summed E-state index contributed by atoms with van der Waals surface area (Å²) in [6.07, 6.45) is 1.99. The molecule has 1 aromatic heterocycles. The van der Waals surface area contributed by atoms with Crippen molar-refractivity contribution in [3.63, 3.8) is 0 Å². The summed E-state index contributed by atoms with van der Waals surface area (Å²) in [6.45, 7) is 6.24. The molecule has 1 unspecified atom stereocenters. The number of benzene rings is 1. The molecule has 27 heavy (non-hydrogen) atoms. The highest BCUT2D eigenvalue weighted by Crippen LogP contribution is 2.26. The molecule has 0 radical (unpaired) electrons. The molecule has 0 aliphatic heterocycles. The topological polar surface area (TPSA) is 51.0 Å². The van der Waals surface area contributed by atoms with E-state index < -0.39 is 0 Å². The maximum Gasteiger partial charge on any atom is 0.194 e. The number of guanidine groups is 1. The van der Waals surface area contributed by atoms with Gasteiger partial charge in [-0.3, -0.25) is 0 Å². The van der Waals surface area contributed by atoms with Gasteiger partial charge in [0, 0.05) is 32.5 Å². The lowest BCUT2D eigenvalue weighted by molar-refractivity contribution is 0.219. The molecule has 150 valence electrons. The van der Waals surface area contributed by atoms with Gasteiger partial charge in [0.15, 0.2) is 17.5 Å². The first-order chi connectivity index (χ1) is 12.5. The molecular weight excluding hydrogens is 455 g/mol. The van der Waals surface area contributed by atoms with Gasteiger partial charge in [-0.15, -0.1) is 24.0 Å². The Morgan fingerprint density at radius 2 is 1.93 bits per heavy atom. The molecule has 0 saturated carbocycles. The number of rotatable bonds is 8. The van der Waals surface area contributed by atoms with Crippen LogP contribution >= 0.6 is 24.0 Å². The molecule has 2 rings (SSSR count). The van der Waals surface area contributed by atoms with Crippen LogP contribution in [0, 0.1) is 0 Å². The van der Waals surface area contributed by atoms with Crippen LogP contribution in [0.3, 0.4) is 0 Å². The number of methoxy groups -OCH3 is 1. The van der Waals surface area contributed by atoms with Crippen LogP contribution in [0.4, 0.5) is 0 Å². The Kier molecular flexibility index (Phi) is 10.1. The Bertz CT molecular complexity index is 718. The maximum absolute atomic E-state index is 5.99. The third-order valence-electron chi connectivity index (χ3n) is 4.04. The molecule has 0 fully saturated rings. The zero-order chi connectivity index (χ0) is 18.9. The molecular formula is C20H31IN4O2. The summed E-state index contributed by atoms with van der Waals surface area (Å²) in [6, 6.07) is 11.8. The van der Waals surface area contributed by atoms with Gasteiger partial charge in [-0.1, -0.05) is 12.1 Å². The van der Waals surface area contributed by atoms with Gasteiger partial charge in [0.05, 0.1) is 20.2 Å². The highest BCUT2D eigenvalue weighted by Gasteiger charge is 2.11. The van der Waals surface area contributed by atoms with Crippen LogP contribution in [0.1, 0.15) is 19.5 Å². The Hall–Kier alpha value is -1.90. The number of nitrogens with one attached hydrogen (secondary N) is 1. The maximum atomic E-state index is 5.99. The number of hydrogen-bond donors (Lipinski definition) is 1. The predicted molar refractivity (Wildman–Crippen MR) is 121 cm³/mol. The SMILES string of the molecule is CCNC(=NCC(C)Oc1ccccc1OC)N(C)Cc1cccn1C.I. The van der Waals surface area contributed by atoms with Crippen molar-refractivity contribution in [2.24, 2.45) is 12.0 Å². The van der Waals surface area contributed by atoms with Crippen LogP contribution in [0.2, 0.25) is 0 Å². The Balaban J connectivity index is 0.00000364. The molecule has 7 heteroatoms. The van der Waals surface area contributed by atoms with Crippen molar-refractivity contribution < 1.29 is 9.47 Å². The van der Waals surface area contributed by atoms with Crippen molar-refractivity contribution in [1.82, 2.24) is 14.8 Å². The lowest BCUT2D eigenvalue weighted by Gasteiger charge is -2.23. The van der Waals surface area contributed by atoms with E-state index in [0.29, 0.717) is 6.54 Å². The van der Waals surface area contributed by atoms with E-state index in [1.807, 2.05) is 38.2 Å². The zero-order valence-corrected chi connectivity index (χ0v) is 19.1. The number of aryl methyl sites for hydroxylation is 1. The summed E-state index contributed by atoms with van der Waals surface area (Å²) < 4.78 is 13.4. The number of hydrogen-bond acceptors (Lipinski definition) is 3. The quantitative estimate of drug-likeness (QED) is 0.353. The Morgan fingerprint density at radius 1 is 1.22 bits per heavy atom. The van der Waals surface area contributed by atoms with Crippen LogP contribution in [0.25, 0.3) is 0 Å². The van der Waals surface area contributed by atoms with E-state index in [4.69, 9.17) is 14.5 Å². The molecule has 0 amide bonds. The minimum Gasteiger partial charge on any atom is -0.493 e. The number of ether oxygens (including phenoxy) is 2. The smallest absolute Gasteiger partial charge is 0.194 e. The fourth-order valence-corrected chi connectivity index (χ4v) is 2.63. The second kappa shape index (κ2) is 11.7. The second-order valence-corrected chi connectivity index (χ2v) is 6.24. The molecule has 6 nitrogen and oxygen atoms in total. The molecule has 0 aliphatic carbocycles. The minimum absolute atomic E-state index is 0. The van der Waals surface area contributed by atoms with Crippen molar-refractivity contribution >= 4 is 29.9 Å². The summed E-state index contributed by atoms with van der Waals surface area (Å²) in [4.78, 5) is 6.85. The summed E-state index contributed by atoms with van der Waals surface area (Å²) in [7, 11) is 5.74. The van der Waals surface area contributed by atoms with E-state index in [0.717, 1.165) is 30.5 Å². The standard InChI is InChI=1S/C20H30N4O2.HI/c1-6-21-20(24(4)15-17-10-9-13-23(17)3)22-14-16(2)26-19-12-8-7-11-18(19)25-5;/h7-13,16H,6,14-15H2,1-5H3,(H,21,22);1H. The molecule has 2 aromatic rings. The average molecular weight is 486 g/mol. The average Bonchev–Trinajstić information content (AvgIpc) is 3.03. The number of aliphatic imine (C=N–C) groups is 1. The van der Waals surface area contributed by atoms with Gasteiger partial charge < -0.3 is 24.3 Å². The van der Waals surface area contributed by atoms with Gasteiger partial charge >= 0.3 is 0 Å². The van der Waals surface area contributed by atoms with Crippen LogP contribution in [-0.4, -0.2) is 48.8 Å².